The minimum atomic E-state index is -0.236. The summed E-state index contributed by atoms with van der Waals surface area (Å²) >= 11 is 0. The molecule has 0 aromatic heterocycles. The minimum absolute atomic E-state index is 0.00458. The monoisotopic (exact) mass is 213 g/mol. The summed E-state index contributed by atoms with van der Waals surface area (Å²) in [6, 6.07) is 0.155. The first kappa shape index (κ1) is 12.0. The van der Waals surface area contributed by atoms with Gasteiger partial charge in [0, 0.05) is 18.5 Å². The summed E-state index contributed by atoms with van der Waals surface area (Å²) in [7, 11) is 1.38. The van der Waals surface area contributed by atoms with E-state index in [9.17, 15) is 9.59 Å². The number of hydrogen-bond donors (Lipinski definition) is 0. The number of amides is 1. The lowest BCUT2D eigenvalue weighted by molar-refractivity contribution is -0.148. The summed E-state index contributed by atoms with van der Waals surface area (Å²) in [6.07, 6.45) is 1.30. The van der Waals surface area contributed by atoms with E-state index in [0.717, 1.165) is 6.42 Å². The number of esters is 1. The van der Waals surface area contributed by atoms with Crippen LogP contribution in [0.4, 0.5) is 0 Å². The molecule has 0 spiro atoms. The summed E-state index contributed by atoms with van der Waals surface area (Å²) in [5.41, 5.74) is 0. The number of hydrogen-bond acceptors (Lipinski definition) is 3. The van der Waals surface area contributed by atoms with Gasteiger partial charge in [0.2, 0.25) is 5.91 Å². The zero-order valence-corrected chi connectivity index (χ0v) is 9.82. The van der Waals surface area contributed by atoms with E-state index in [1.165, 1.54) is 7.11 Å². The van der Waals surface area contributed by atoms with E-state index in [1.807, 2.05) is 25.7 Å². The smallest absolute Gasteiger partial charge is 0.310 e. The summed E-state index contributed by atoms with van der Waals surface area (Å²) in [5.74, 6) is -0.324. The Morgan fingerprint density at radius 3 is 2.53 bits per heavy atom. The highest BCUT2D eigenvalue weighted by Gasteiger charge is 2.39. The van der Waals surface area contributed by atoms with Crippen LogP contribution in [0.2, 0.25) is 0 Å². The normalized spacial score (nSPS) is 23.4. The number of rotatable bonds is 3. The second-order valence-electron chi connectivity index (χ2n) is 4.31. The fourth-order valence-electron chi connectivity index (χ4n) is 2.23. The zero-order valence-electron chi connectivity index (χ0n) is 9.82. The van der Waals surface area contributed by atoms with Crippen molar-refractivity contribution < 1.29 is 14.3 Å². The fourth-order valence-corrected chi connectivity index (χ4v) is 2.23. The van der Waals surface area contributed by atoms with Crippen molar-refractivity contribution in [2.75, 3.05) is 7.11 Å². The van der Waals surface area contributed by atoms with Gasteiger partial charge in [-0.1, -0.05) is 0 Å². The third kappa shape index (κ3) is 2.30. The summed E-state index contributed by atoms with van der Waals surface area (Å²) < 4.78 is 4.71. The maximum atomic E-state index is 11.6. The first-order chi connectivity index (χ1) is 6.99. The number of carbonyl (C=O) groups is 2. The molecule has 0 N–H and O–H groups in total. The molecule has 0 radical (unpaired) electrons. The van der Waals surface area contributed by atoms with Gasteiger partial charge in [-0.25, -0.2) is 0 Å². The van der Waals surface area contributed by atoms with Gasteiger partial charge in [0.15, 0.2) is 0 Å². The number of likely N-dealkylation sites (tertiary alicyclic amines) is 1. The topological polar surface area (TPSA) is 46.6 Å². The Hall–Kier alpha value is -1.06. The highest BCUT2D eigenvalue weighted by Crippen LogP contribution is 2.27. The van der Waals surface area contributed by atoms with Gasteiger partial charge in [-0.05, 0) is 27.2 Å². The third-order valence-electron chi connectivity index (χ3n) is 3.01. The molecular weight excluding hydrogens is 194 g/mol. The molecule has 15 heavy (non-hydrogen) atoms. The Kier molecular flexibility index (Phi) is 3.72. The minimum Gasteiger partial charge on any atom is -0.469 e. The molecular formula is C11H19NO3. The third-order valence-corrected chi connectivity index (χ3v) is 3.01. The SMILES string of the molecule is COC(=O)[C@@H](C)[C@H]1CCC(=O)N1C(C)C. The molecule has 1 amide bonds. The highest BCUT2D eigenvalue weighted by atomic mass is 16.5. The van der Waals surface area contributed by atoms with E-state index in [2.05, 4.69) is 0 Å². The van der Waals surface area contributed by atoms with Crippen molar-refractivity contribution in [1.82, 2.24) is 4.90 Å². The lowest BCUT2D eigenvalue weighted by atomic mass is 9.99. The van der Waals surface area contributed by atoms with Crippen molar-refractivity contribution in [3.63, 3.8) is 0 Å². The first-order valence-electron chi connectivity index (χ1n) is 5.38. The van der Waals surface area contributed by atoms with Gasteiger partial charge in [-0.15, -0.1) is 0 Å². The molecule has 1 aliphatic heterocycles. The first-order valence-corrected chi connectivity index (χ1v) is 5.38. The molecule has 4 nitrogen and oxygen atoms in total. The molecule has 1 fully saturated rings. The molecule has 1 rings (SSSR count). The van der Waals surface area contributed by atoms with E-state index in [0.29, 0.717) is 6.42 Å². The van der Waals surface area contributed by atoms with Crippen LogP contribution in [-0.2, 0) is 14.3 Å². The van der Waals surface area contributed by atoms with Crippen molar-refractivity contribution in [1.29, 1.82) is 0 Å². The molecule has 0 unspecified atom stereocenters. The van der Waals surface area contributed by atoms with E-state index >= 15 is 0 Å². The van der Waals surface area contributed by atoms with Gasteiger partial charge in [0.1, 0.15) is 0 Å². The number of nitrogens with zero attached hydrogens (tertiary/aromatic N) is 1. The predicted octanol–water partition coefficient (Wildman–Crippen LogP) is 1.19. The van der Waals surface area contributed by atoms with Crippen molar-refractivity contribution in [2.24, 2.45) is 5.92 Å². The molecule has 0 aliphatic carbocycles. The molecule has 0 aromatic rings. The van der Waals surface area contributed by atoms with Crippen LogP contribution in [0, 0.1) is 5.92 Å². The van der Waals surface area contributed by atoms with Crippen LogP contribution in [0.1, 0.15) is 33.6 Å². The lowest BCUT2D eigenvalue weighted by Gasteiger charge is -2.31. The van der Waals surface area contributed by atoms with Crippen LogP contribution in [0.15, 0.2) is 0 Å². The summed E-state index contributed by atoms with van der Waals surface area (Å²) in [4.78, 5) is 24.8. The second kappa shape index (κ2) is 4.64. The molecule has 0 bridgehead atoms. The highest BCUT2D eigenvalue weighted by molar-refractivity contribution is 5.81. The van der Waals surface area contributed by atoms with Crippen molar-refractivity contribution in [2.45, 2.75) is 45.7 Å². The quantitative estimate of drug-likeness (QED) is 0.662. The molecule has 0 saturated carbocycles. The van der Waals surface area contributed by atoms with Crippen molar-refractivity contribution >= 4 is 11.9 Å². The number of ether oxygens (including phenoxy) is 1. The Labute approximate surface area is 90.6 Å². The fraction of sp³-hybridized carbons (Fsp3) is 0.818. The van der Waals surface area contributed by atoms with Crippen molar-refractivity contribution in [3.05, 3.63) is 0 Å². The summed E-state index contributed by atoms with van der Waals surface area (Å²) in [5, 5.41) is 0. The predicted molar refractivity (Wildman–Crippen MR) is 56.2 cm³/mol. The molecule has 86 valence electrons. The van der Waals surface area contributed by atoms with Crippen LogP contribution in [0.5, 0.6) is 0 Å². The van der Waals surface area contributed by atoms with Crippen LogP contribution in [0.3, 0.4) is 0 Å². The molecule has 4 heteroatoms. The van der Waals surface area contributed by atoms with Gasteiger partial charge in [0.25, 0.3) is 0 Å². The van der Waals surface area contributed by atoms with Crippen molar-refractivity contribution in [3.8, 4) is 0 Å². The maximum absolute atomic E-state index is 11.6. The summed E-state index contributed by atoms with van der Waals surface area (Å²) in [6.45, 7) is 5.77. The van der Waals surface area contributed by atoms with E-state index in [1.54, 1.807) is 0 Å². The van der Waals surface area contributed by atoms with Crippen LogP contribution in [-0.4, -0.2) is 36.0 Å². The largest absolute Gasteiger partial charge is 0.469 e. The van der Waals surface area contributed by atoms with Crippen LogP contribution in [0.25, 0.3) is 0 Å². The lowest BCUT2D eigenvalue weighted by Crippen LogP contribution is -2.44. The van der Waals surface area contributed by atoms with Gasteiger partial charge in [-0.3, -0.25) is 9.59 Å². The van der Waals surface area contributed by atoms with Gasteiger partial charge in [0.05, 0.1) is 13.0 Å². The molecule has 0 aromatic carbocycles. The van der Waals surface area contributed by atoms with Gasteiger partial charge in [-0.2, -0.15) is 0 Å². The Balaban J connectivity index is 2.77. The standard InChI is InChI=1S/C11H19NO3/c1-7(2)12-9(5-6-10(12)13)8(3)11(14)15-4/h7-9H,5-6H2,1-4H3/t8-,9+/m0/s1. The average molecular weight is 213 g/mol. The second-order valence-corrected chi connectivity index (χ2v) is 4.31. The van der Waals surface area contributed by atoms with E-state index in [4.69, 9.17) is 4.74 Å². The van der Waals surface area contributed by atoms with Crippen LogP contribution < -0.4 is 0 Å². The molecule has 1 aliphatic rings. The maximum Gasteiger partial charge on any atom is 0.310 e. The Morgan fingerprint density at radius 1 is 1.47 bits per heavy atom. The Bertz CT molecular complexity index is 263. The molecule has 1 heterocycles. The molecule has 2 atom stereocenters. The average Bonchev–Trinajstić information content (AvgIpc) is 2.57. The van der Waals surface area contributed by atoms with Gasteiger partial charge >= 0.3 is 5.97 Å². The number of carbonyl (C=O) groups excluding carboxylic acids is 2. The van der Waals surface area contributed by atoms with E-state index in [-0.39, 0.29) is 29.9 Å². The molecule has 1 saturated heterocycles. The van der Waals surface area contributed by atoms with E-state index < -0.39 is 0 Å². The van der Waals surface area contributed by atoms with Crippen LogP contribution >= 0.6 is 0 Å². The number of methoxy groups -OCH3 is 1. The zero-order chi connectivity index (χ0) is 11.6. The Morgan fingerprint density at radius 2 is 2.07 bits per heavy atom. The van der Waals surface area contributed by atoms with Gasteiger partial charge < -0.3 is 9.64 Å².